The highest BCUT2D eigenvalue weighted by atomic mass is 16.5. The van der Waals surface area contributed by atoms with Gasteiger partial charge in [-0.05, 0) is 49.4 Å². The zero-order chi connectivity index (χ0) is 22.9. The molecule has 7 nitrogen and oxygen atoms in total. The normalized spacial score (nSPS) is 18.6. The molecule has 0 saturated carbocycles. The number of hydrogen-bond acceptors (Lipinski definition) is 7. The van der Waals surface area contributed by atoms with Gasteiger partial charge in [-0.3, -0.25) is 0 Å². The van der Waals surface area contributed by atoms with Gasteiger partial charge in [-0.15, -0.1) is 0 Å². The number of fused-ring (bicyclic) bond motifs is 3. The zero-order valence-corrected chi connectivity index (χ0v) is 18.8. The largest absolute Gasteiger partial charge is 0.507 e. The minimum atomic E-state index is -0.459. The van der Waals surface area contributed by atoms with E-state index in [1.165, 1.54) is 0 Å². The molecule has 0 fully saturated rings. The predicted octanol–water partition coefficient (Wildman–Crippen LogP) is 5.05. The van der Waals surface area contributed by atoms with E-state index in [1.54, 1.807) is 26.4 Å². The van der Waals surface area contributed by atoms with E-state index in [2.05, 4.69) is 6.07 Å². The number of nitrogens with zero attached hydrogens (tertiary/aromatic N) is 2. The van der Waals surface area contributed by atoms with Crippen LogP contribution in [0.25, 0.3) is 0 Å². The van der Waals surface area contributed by atoms with E-state index in [-0.39, 0.29) is 11.8 Å². The molecule has 2 aliphatic rings. The Kier molecular flexibility index (Phi) is 5.46. The summed E-state index contributed by atoms with van der Waals surface area (Å²) in [4.78, 5) is 0. The molecule has 0 aromatic heterocycles. The van der Waals surface area contributed by atoms with Crippen molar-refractivity contribution in [1.82, 2.24) is 5.01 Å². The Morgan fingerprint density at radius 2 is 1.88 bits per heavy atom. The van der Waals surface area contributed by atoms with E-state index < -0.39 is 6.23 Å². The Bertz CT molecular complexity index is 1210. The molecule has 3 aromatic carbocycles. The number of aromatic hydroxyl groups is 1. The summed E-state index contributed by atoms with van der Waals surface area (Å²) in [5.41, 5.74) is 3.39. The van der Waals surface area contributed by atoms with Gasteiger partial charge < -0.3 is 24.1 Å². The molecule has 7 heteroatoms. The molecule has 2 aliphatic heterocycles. The van der Waals surface area contributed by atoms with Gasteiger partial charge in [0.15, 0.2) is 11.5 Å². The van der Waals surface area contributed by atoms with Crippen molar-refractivity contribution in [2.75, 3.05) is 20.8 Å². The average molecular weight is 447 g/mol. The number of hydrazone groups is 1. The number of hydrogen-bond donors (Lipinski definition) is 1. The highest BCUT2D eigenvalue weighted by Gasteiger charge is 2.41. The molecule has 5 rings (SSSR count). The first-order chi connectivity index (χ1) is 16.1. The van der Waals surface area contributed by atoms with Gasteiger partial charge in [-0.25, -0.2) is 5.01 Å². The summed E-state index contributed by atoms with van der Waals surface area (Å²) in [6.07, 6.45) is 0.172. The van der Waals surface area contributed by atoms with Crippen molar-refractivity contribution in [1.29, 1.82) is 0 Å². The Labute approximate surface area is 192 Å². The Morgan fingerprint density at radius 3 is 2.67 bits per heavy atom. The maximum Gasteiger partial charge on any atom is 0.214 e. The molecule has 2 heterocycles. The fraction of sp³-hybridized carbons (Fsp3) is 0.269. The third-order valence-electron chi connectivity index (χ3n) is 5.99. The Hall–Kier alpha value is -3.87. The number of ether oxygens (including phenoxy) is 4. The monoisotopic (exact) mass is 446 g/mol. The summed E-state index contributed by atoms with van der Waals surface area (Å²) in [6.45, 7) is 2.49. The molecule has 0 radical (unpaired) electrons. The second-order valence-electron chi connectivity index (χ2n) is 7.88. The highest BCUT2D eigenvalue weighted by molar-refractivity contribution is 6.04. The summed E-state index contributed by atoms with van der Waals surface area (Å²) in [6, 6.07) is 19.0. The van der Waals surface area contributed by atoms with Gasteiger partial charge in [0.05, 0.1) is 32.6 Å². The molecule has 2 atom stereocenters. The van der Waals surface area contributed by atoms with Crippen LogP contribution in [0.5, 0.6) is 28.7 Å². The van der Waals surface area contributed by atoms with E-state index in [9.17, 15) is 5.11 Å². The molecule has 0 amide bonds. The van der Waals surface area contributed by atoms with Crippen LogP contribution in [0.1, 0.15) is 42.3 Å². The second-order valence-corrected chi connectivity index (χ2v) is 7.88. The van der Waals surface area contributed by atoms with Crippen LogP contribution in [-0.2, 0) is 0 Å². The first-order valence-corrected chi connectivity index (χ1v) is 10.9. The van der Waals surface area contributed by atoms with E-state index in [1.807, 2.05) is 54.4 Å². The number of phenols is 1. The lowest BCUT2D eigenvalue weighted by atomic mass is 9.95. The summed E-state index contributed by atoms with van der Waals surface area (Å²) in [5.74, 6) is 2.98. The molecule has 1 N–H and O–H groups in total. The van der Waals surface area contributed by atoms with Crippen LogP contribution in [0.2, 0.25) is 0 Å². The quantitative estimate of drug-likeness (QED) is 0.571. The first-order valence-electron chi connectivity index (χ1n) is 10.9. The first kappa shape index (κ1) is 21.0. The van der Waals surface area contributed by atoms with Gasteiger partial charge in [0.25, 0.3) is 0 Å². The molecular formula is C26H26N2O5. The highest BCUT2D eigenvalue weighted by Crippen LogP contribution is 2.48. The fourth-order valence-corrected chi connectivity index (χ4v) is 4.40. The molecule has 170 valence electrons. The molecule has 0 aliphatic carbocycles. The van der Waals surface area contributed by atoms with Crippen LogP contribution in [0.15, 0.2) is 65.8 Å². The molecule has 0 bridgehead atoms. The van der Waals surface area contributed by atoms with E-state index >= 15 is 0 Å². The fourth-order valence-electron chi connectivity index (χ4n) is 4.40. The van der Waals surface area contributed by atoms with Crippen LogP contribution in [0.3, 0.4) is 0 Å². The number of benzene rings is 3. The summed E-state index contributed by atoms with van der Waals surface area (Å²) >= 11 is 0. The third-order valence-corrected chi connectivity index (χ3v) is 5.99. The van der Waals surface area contributed by atoms with Crippen molar-refractivity contribution in [2.45, 2.75) is 25.6 Å². The topological polar surface area (TPSA) is 72.8 Å². The van der Waals surface area contributed by atoms with E-state index in [0.717, 1.165) is 22.6 Å². The van der Waals surface area contributed by atoms with Gasteiger partial charge in [-0.1, -0.05) is 18.2 Å². The second kappa shape index (κ2) is 8.58. The number of rotatable bonds is 6. The lowest BCUT2D eigenvalue weighted by molar-refractivity contribution is -0.0191. The van der Waals surface area contributed by atoms with Crippen LogP contribution in [-0.4, -0.2) is 36.7 Å². The zero-order valence-electron chi connectivity index (χ0n) is 18.8. The van der Waals surface area contributed by atoms with Gasteiger partial charge >= 0.3 is 0 Å². The van der Waals surface area contributed by atoms with Gasteiger partial charge in [0.1, 0.15) is 17.2 Å². The molecule has 3 aromatic rings. The standard InChI is InChI=1S/C26H26N2O5/c1-4-32-24-12-9-16(13-25(24)31-3)26-28-21(18-7-5-6-8-23(18)33-26)15-20(27-28)19-14-17(30-2)10-11-22(19)29/h5-14,21,26,29H,4,15H2,1-3H3/t21-,26+/m1/s1. The lowest BCUT2D eigenvalue weighted by Gasteiger charge is -2.38. The summed E-state index contributed by atoms with van der Waals surface area (Å²) in [7, 11) is 3.23. The lowest BCUT2D eigenvalue weighted by Crippen LogP contribution is -2.33. The SMILES string of the molecule is CCOc1ccc([C@@H]2Oc3ccccc3[C@H]3CC(c4cc(OC)ccc4O)=NN32)cc1OC. The molecule has 0 spiro atoms. The minimum absolute atomic E-state index is 0.0295. The maximum absolute atomic E-state index is 10.5. The maximum atomic E-state index is 10.5. The summed E-state index contributed by atoms with van der Waals surface area (Å²) < 4.78 is 23.0. The Balaban J connectivity index is 1.58. The molecule has 33 heavy (non-hydrogen) atoms. The number of methoxy groups -OCH3 is 2. The van der Waals surface area contributed by atoms with Crippen molar-refractivity contribution in [3.8, 4) is 28.7 Å². The smallest absolute Gasteiger partial charge is 0.214 e. The van der Waals surface area contributed by atoms with E-state index in [0.29, 0.717) is 35.8 Å². The number of para-hydroxylation sites is 1. The minimum Gasteiger partial charge on any atom is -0.507 e. The van der Waals surface area contributed by atoms with E-state index in [4.69, 9.17) is 24.0 Å². The van der Waals surface area contributed by atoms with Gasteiger partial charge in [0, 0.05) is 23.1 Å². The van der Waals surface area contributed by atoms with Crippen LogP contribution in [0.4, 0.5) is 0 Å². The van der Waals surface area contributed by atoms with Gasteiger partial charge in [0.2, 0.25) is 6.23 Å². The van der Waals surface area contributed by atoms with Crippen LogP contribution < -0.4 is 18.9 Å². The van der Waals surface area contributed by atoms with Crippen molar-refractivity contribution in [3.63, 3.8) is 0 Å². The Morgan fingerprint density at radius 1 is 1.03 bits per heavy atom. The molecule has 0 unspecified atom stereocenters. The third kappa shape index (κ3) is 3.69. The average Bonchev–Trinajstić information content (AvgIpc) is 3.30. The van der Waals surface area contributed by atoms with Gasteiger partial charge in [-0.2, -0.15) is 5.10 Å². The molecular weight excluding hydrogens is 420 g/mol. The summed E-state index contributed by atoms with van der Waals surface area (Å²) in [5, 5.41) is 17.4. The molecule has 0 saturated heterocycles. The van der Waals surface area contributed by atoms with Crippen LogP contribution >= 0.6 is 0 Å². The van der Waals surface area contributed by atoms with Crippen molar-refractivity contribution >= 4 is 5.71 Å². The van der Waals surface area contributed by atoms with Crippen LogP contribution in [0, 0.1) is 0 Å². The van der Waals surface area contributed by atoms with Crippen molar-refractivity contribution in [3.05, 3.63) is 77.4 Å². The van der Waals surface area contributed by atoms with Crippen molar-refractivity contribution in [2.24, 2.45) is 5.10 Å². The predicted molar refractivity (Wildman–Crippen MR) is 124 cm³/mol. The number of phenolic OH excluding ortho intramolecular Hbond substituents is 1. The van der Waals surface area contributed by atoms with Crippen molar-refractivity contribution < 1.29 is 24.1 Å².